The number of rotatable bonds is 2. The molecule has 5 nitrogen and oxygen atoms in total. The second-order valence-electron chi connectivity index (χ2n) is 4.66. The van der Waals surface area contributed by atoms with Gasteiger partial charge in [-0.15, -0.1) is 5.43 Å². The van der Waals surface area contributed by atoms with Gasteiger partial charge in [0.25, 0.3) is 6.23 Å². The average molecular weight is 337 g/mol. The van der Waals surface area contributed by atoms with Gasteiger partial charge < -0.3 is 4.74 Å². The Morgan fingerprint density at radius 1 is 1.23 bits per heavy atom. The number of nitrogens with one attached hydrogen (secondary N) is 1. The molecule has 2 aromatic rings. The molecule has 0 spiro atoms. The summed E-state index contributed by atoms with van der Waals surface area (Å²) in [5.41, 5.74) is 4.30. The number of carbonyl (C=O) groups is 1. The van der Waals surface area contributed by atoms with Crippen LogP contribution in [0.25, 0.3) is 0 Å². The lowest BCUT2D eigenvalue weighted by atomic mass is 10.2. The summed E-state index contributed by atoms with van der Waals surface area (Å²) >= 11 is 12.4. The lowest BCUT2D eigenvalue weighted by Gasteiger charge is -2.07. The third-order valence-corrected chi connectivity index (χ3v) is 3.81. The highest BCUT2D eigenvalue weighted by molar-refractivity contribution is 6.39. The van der Waals surface area contributed by atoms with Crippen molar-refractivity contribution in [2.45, 2.75) is 13.2 Å². The molecule has 3 rings (SSSR count). The van der Waals surface area contributed by atoms with Gasteiger partial charge >= 0.3 is 11.8 Å². The molecule has 0 fully saturated rings. The predicted molar refractivity (Wildman–Crippen MR) is 82.7 cm³/mol. The fraction of sp³-hybridized carbons (Fsp3) is 0.133. The molecule has 1 amide bonds. The molecule has 2 heterocycles. The molecule has 22 heavy (non-hydrogen) atoms. The molecule has 1 aliphatic heterocycles. The van der Waals surface area contributed by atoms with E-state index >= 15 is 0 Å². The number of hydrazone groups is 1. The number of hydrogen-bond donors (Lipinski definition) is 1. The first kappa shape index (κ1) is 14.8. The lowest BCUT2D eigenvalue weighted by molar-refractivity contribution is -0.504. The maximum Gasteiger partial charge on any atom is 0.414 e. The Hall–Kier alpha value is -2.11. The van der Waals surface area contributed by atoms with Crippen LogP contribution in [0.5, 0.6) is 0 Å². The number of hydrazine groups is 1. The van der Waals surface area contributed by atoms with E-state index in [4.69, 9.17) is 27.9 Å². The first-order chi connectivity index (χ1) is 10.6. The van der Waals surface area contributed by atoms with Crippen molar-refractivity contribution in [1.29, 1.82) is 0 Å². The smallest absolute Gasteiger partial charge is 0.408 e. The third-order valence-electron chi connectivity index (χ3n) is 3.18. The Morgan fingerprint density at radius 3 is 2.45 bits per heavy atom. The van der Waals surface area contributed by atoms with Crippen LogP contribution in [0.2, 0.25) is 10.0 Å². The van der Waals surface area contributed by atoms with E-state index in [1.807, 2.05) is 0 Å². The molecule has 1 aromatic carbocycles. The molecule has 0 saturated heterocycles. The van der Waals surface area contributed by atoms with Crippen LogP contribution in [0.4, 0.5) is 0 Å². The van der Waals surface area contributed by atoms with E-state index in [0.717, 1.165) is 5.56 Å². The zero-order valence-corrected chi connectivity index (χ0v) is 13.1. The van der Waals surface area contributed by atoms with Crippen LogP contribution in [0, 0.1) is 0 Å². The van der Waals surface area contributed by atoms with Crippen molar-refractivity contribution >= 4 is 35.0 Å². The lowest BCUT2D eigenvalue weighted by Crippen LogP contribution is -2.32. The fourth-order valence-electron chi connectivity index (χ4n) is 2.15. The molecule has 0 bridgehead atoms. The van der Waals surface area contributed by atoms with Crippen molar-refractivity contribution in [2.24, 2.45) is 0 Å². The summed E-state index contributed by atoms with van der Waals surface area (Å²) in [6, 6.07) is 8.71. The third kappa shape index (κ3) is 2.65. The van der Waals surface area contributed by atoms with Crippen LogP contribution < -0.4 is 5.43 Å². The monoisotopic (exact) mass is 336 g/mol. The number of nitrogens with zero attached hydrogens (tertiary/aromatic N) is 2. The van der Waals surface area contributed by atoms with E-state index < -0.39 is 6.23 Å². The average Bonchev–Trinajstić information content (AvgIpc) is 2.93. The molecular weight excluding hydrogens is 325 g/mol. The molecular formula is C15H12Cl2N3O2+. The van der Waals surface area contributed by atoms with E-state index in [0.29, 0.717) is 15.6 Å². The highest BCUT2D eigenvalue weighted by Gasteiger charge is 2.40. The molecule has 1 aliphatic rings. The quantitative estimate of drug-likeness (QED) is 0.856. The number of benzene rings is 1. The van der Waals surface area contributed by atoms with E-state index in [-0.39, 0.29) is 11.8 Å². The Morgan fingerprint density at radius 2 is 1.86 bits per heavy atom. The number of pyridine rings is 1. The van der Waals surface area contributed by atoms with Crippen LogP contribution in [-0.2, 0) is 9.53 Å². The number of carbonyl (C=O) groups excluding carboxylic acids is 1. The highest BCUT2D eigenvalue weighted by Crippen LogP contribution is 2.29. The maximum absolute atomic E-state index is 11.9. The van der Waals surface area contributed by atoms with E-state index in [1.165, 1.54) is 11.6 Å². The Bertz CT molecular complexity index is 742. The SMILES string of the molecule is CC(=O)[N+]1=C(c2c(Cl)cccc2Cl)OC(c2ccncc2)N1. The summed E-state index contributed by atoms with van der Waals surface area (Å²) in [5, 5.41) is 0.817. The van der Waals surface area contributed by atoms with E-state index in [2.05, 4.69) is 10.4 Å². The topological polar surface area (TPSA) is 54.2 Å². The van der Waals surface area contributed by atoms with Crippen molar-refractivity contribution in [2.75, 3.05) is 0 Å². The molecule has 0 aliphatic carbocycles. The van der Waals surface area contributed by atoms with E-state index in [1.54, 1.807) is 42.7 Å². The van der Waals surface area contributed by atoms with Gasteiger partial charge in [-0.3, -0.25) is 4.98 Å². The van der Waals surface area contributed by atoms with Gasteiger partial charge in [0.2, 0.25) is 0 Å². The van der Waals surface area contributed by atoms with Crippen molar-refractivity contribution in [3.05, 3.63) is 63.9 Å². The first-order valence-corrected chi connectivity index (χ1v) is 7.28. The van der Waals surface area contributed by atoms with Gasteiger partial charge in [-0.1, -0.05) is 29.3 Å². The number of hydrogen-bond acceptors (Lipinski definition) is 4. The molecule has 1 atom stereocenters. The molecule has 7 heteroatoms. The second-order valence-corrected chi connectivity index (χ2v) is 5.48. The first-order valence-electron chi connectivity index (χ1n) is 6.52. The number of ether oxygens (including phenoxy) is 1. The van der Waals surface area contributed by atoms with Crippen molar-refractivity contribution in [3.63, 3.8) is 0 Å². The zero-order chi connectivity index (χ0) is 15.7. The maximum atomic E-state index is 11.9. The van der Waals surface area contributed by atoms with Crippen LogP contribution >= 0.6 is 23.2 Å². The van der Waals surface area contributed by atoms with Gasteiger partial charge in [0.05, 0.1) is 17.0 Å². The van der Waals surface area contributed by atoms with Gasteiger partial charge in [0.1, 0.15) is 5.56 Å². The summed E-state index contributed by atoms with van der Waals surface area (Å²) in [5.74, 6) is 0.0486. The van der Waals surface area contributed by atoms with Gasteiger partial charge in [-0.2, -0.15) is 0 Å². The summed E-state index contributed by atoms with van der Waals surface area (Å²) in [7, 11) is 0. The standard InChI is InChI=1S/C15H12Cl2N3O2/c1-9(21)20-15(13-11(16)3-2-4-12(13)17)22-14(19-20)10-5-7-18-8-6-10/h2-8,14,19H,1H3/q+1. The van der Waals surface area contributed by atoms with Crippen LogP contribution in [0.1, 0.15) is 24.3 Å². The van der Waals surface area contributed by atoms with Gasteiger partial charge in [0, 0.05) is 18.0 Å². The Labute approximate surface area is 137 Å². The number of halogens is 2. The molecule has 0 radical (unpaired) electrons. The second kappa shape index (κ2) is 5.94. The Balaban J connectivity index is 2.04. The minimum Gasteiger partial charge on any atom is -0.408 e. The molecule has 0 saturated carbocycles. The predicted octanol–water partition coefficient (Wildman–Crippen LogP) is 2.93. The zero-order valence-electron chi connectivity index (χ0n) is 11.6. The van der Waals surface area contributed by atoms with Crippen LogP contribution in [-0.4, -0.2) is 21.5 Å². The molecule has 1 N–H and O–H groups in total. The largest absolute Gasteiger partial charge is 0.414 e. The normalized spacial score (nSPS) is 17.1. The number of amides is 1. The molecule has 1 unspecified atom stereocenters. The number of aromatic nitrogens is 1. The van der Waals surface area contributed by atoms with Crippen molar-refractivity contribution < 1.29 is 14.2 Å². The fourth-order valence-corrected chi connectivity index (χ4v) is 2.71. The Kier molecular flexibility index (Phi) is 4.00. The summed E-state index contributed by atoms with van der Waals surface area (Å²) in [6.45, 7) is 1.43. The van der Waals surface area contributed by atoms with Crippen molar-refractivity contribution in [1.82, 2.24) is 10.4 Å². The van der Waals surface area contributed by atoms with Crippen molar-refractivity contribution in [3.8, 4) is 0 Å². The minimum absolute atomic E-state index is 0.234. The highest BCUT2D eigenvalue weighted by atomic mass is 35.5. The van der Waals surface area contributed by atoms with Gasteiger partial charge in [-0.25, -0.2) is 4.79 Å². The van der Waals surface area contributed by atoms with Crippen LogP contribution in [0.15, 0.2) is 42.7 Å². The van der Waals surface area contributed by atoms with E-state index in [9.17, 15) is 4.79 Å². The van der Waals surface area contributed by atoms with Gasteiger partial charge in [-0.05, 0) is 28.9 Å². The summed E-state index contributed by atoms with van der Waals surface area (Å²) < 4.78 is 7.19. The summed E-state index contributed by atoms with van der Waals surface area (Å²) in [6.07, 6.45) is 2.78. The molecule has 112 valence electrons. The van der Waals surface area contributed by atoms with Gasteiger partial charge in [0.15, 0.2) is 0 Å². The van der Waals surface area contributed by atoms with Crippen LogP contribution in [0.3, 0.4) is 0 Å². The minimum atomic E-state index is -0.519. The summed E-state index contributed by atoms with van der Waals surface area (Å²) in [4.78, 5) is 15.9. The molecule has 1 aromatic heterocycles.